The predicted octanol–water partition coefficient (Wildman–Crippen LogP) is 1.79. The van der Waals surface area contributed by atoms with Crippen molar-refractivity contribution in [1.82, 2.24) is 4.90 Å². The first-order valence-electron chi connectivity index (χ1n) is 7.91. The van der Waals surface area contributed by atoms with Crippen molar-refractivity contribution in [1.29, 1.82) is 0 Å². The average molecular weight is 323 g/mol. The van der Waals surface area contributed by atoms with Gasteiger partial charge in [0.25, 0.3) is 5.69 Å². The minimum absolute atomic E-state index is 0.128. The van der Waals surface area contributed by atoms with Crippen LogP contribution in [0.5, 0.6) is 0 Å². The lowest BCUT2D eigenvalue weighted by molar-refractivity contribution is -0.384. The molecule has 0 radical (unpaired) electrons. The number of hydrogen-bond donors (Lipinski definition) is 2. The summed E-state index contributed by atoms with van der Waals surface area (Å²) in [7, 11) is 1.58. The van der Waals surface area contributed by atoms with Crippen molar-refractivity contribution >= 4 is 11.4 Å². The SMILES string of the molecule is COCC(O)CN1CCC(Nc2c(C)cccc2[N+](=O)[O-])CC1. The number of methoxy groups -OCH3 is 1. The fourth-order valence-corrected chi connectivity index (χ4v) is 3.00. The first-order chi connectivity index (χ1) is 11.0. The van der Waals surface area contributed by atoms with E-state index < -0.39 is 6.10 Å². The van der Waals surface area contributed by atoms with Crippen LogP contribution in [0.1, 0.15) is 18.4 Å². The molecule has 1 fully saturated rings. The van der Waals surface area contributed by atoms with Gasteiger partial charge < -0.3 is 20.1 Å². The Kier molecular flexibility index (Phi) is 6.32. The summed E-state index contributed by atoms with van der Waals surface area (Å²) in [4.78, 5) is 13.0. The van der Waals surface area contributed by atoms with Gasteiger partial charge in [-0.2, -0.15) is 0 Å². The summed E-state index contributed by atoms with van der Waals surface area (Å²) in [6.07, 6.45) is 1.32. The molecule has 1 aromatic carbocycles. The monoisotopic (exact) mass is 323 g/mol. The summed E-state index contributed by atoms with van der Waals surface area (Å²) >= 11 is 0. The number of likely N-dealkylation sites (tertiary alicyclic amines) is 1. The lowest BCUT2D eigenvalue weighted by atomic mass is 10.0. The van der Waals surface area contributed by atoms with Crippen LogP contribution in [0.3, 0.4) is 0 Å². The van der Waals surface area contributed by atoms with Gasteiger partial charge >= 0.3 is 0 Å². The Bertz CT molecular complexity index is 530. The van der Waals surface area contributed by atoms with Gasteiger partial charge in [0, 0.05) is 38.9 Å². The number of nitro groups is 1. The number of nitro benzene ring substituents is 1. The van der Waals surface area contributed by atoms with Gasteiger partial charge in [-0.3, -0.25) is 10.1 Å². The van der Waals surface area contributed by atoms with E-state index in [1.165, 1.54) is 6.07 Å². The van der Waals surface area contributed by atoms with Gasteiger partial charge in [0.05, 0.1) is 17.6 Å². The molecule has 7 heteroatoms. The number of rotatable bonds is 7. The van der Waals surface area contributed by atoms with Gasteiger partial charge in [-0.05, 0) is 25.3 Å². The first kappa shape index (κ1) is 17.7. The molecule has 1 unspecified atom stereocenters. The molecular formula is C16H25N3O4. The second-order valence-corrected chi connectivity index (χ2v) is 6.05. The number of piperidine rings is 1. The average Bonchev–Trinajstić information content (AvgIpc) is 2.51. The second-order valence-electron chi connectivity index (χ2n) is 6.05. The van der Waals surface area contributed by atoms with Crippen molar-refractivity contribution in [3.05, 3.63) is 33.9 Å². The highest BCUT2D eigenvalue weighted by Crippen LogP contribution is 2.29. The summed E-state index contributed by atoms with van der Waals surface area (Å²) in [6, 6.07) is 5.33. The fraction of sp³-hybridized carbons (Fsp3) is 0.625. The third-order valence-corrected chi connectivity index (χ3v) is 4.21. The van der Waals surface area contributed by atoms with E-state index in [1.807, 2.05) is 13.0 Å². The largest absolute Gasteiger partial charge is 0.389 e. The van der Waals surface area contributed by atoms with Gasteiger partial charge in [0.2, 0.25) is 0 Å². The zero-order valence-corrected chi connectivity index (χ0v) is 13.7. The van der Waals surface area contributed by atoms with Crippen molar-refractivity contribution in [3.8, 4) is 0 Å². The lowest BCUT2D eigenvalue weighted by Gasteiger charge is -2.34. The minimum atomic E-state index is -0.470. The van der Waals surface area contributed by atoms with Crippen molar-refractivity contribution in [3.63, 3.8) is 0 Å². The normalized spacial score (nSPS) is 17.9. The number of aliphatic hydroxyl groups is 1. The third kappa shape index (κ3) is 4.89. The van der Waals surface area contributed by atoms with E-state index in [1.54, 1.807) is 13.2 Å². The summed E-state index contributed by atoms with van der Waals surface area (Å²) < 4.78 is 4.94. The number of benzene rings is 1. The second kappa shape index (κ2) is 8.24. The van der Waals surface area contributed by atoms with Crippen LogP contribution in [0.2, 0.25) is 0 Å². The van der Waals surface area contributed by atoms with E-state index >= 15 is 0 Å². The number of hydrogen-bond acceptors (Lipinski definition) is 6. The predicted molar refractivity (Wildman–Crippen MR) is 88.8 cm³/mol. The zero-order chi connectivity index (χ0) is 16.8. The zero-order valence-electron chi connectivity index (χ0n) is 13.7. The van der Waals surface area contributed by atoms with E-state index in [4.69, 9.17) is 4.74 Å². The van der Waals surface area contributed by atoms with Gasteiger partial charge in [0.15, 0.2) is 0 Å². The molecule has 0 bridgehead atoms. The number of ether oxygens (including phenoxy) is 1. The maximum Gasteiger partial charge on any atom is 0.292 e. The number of nitrogens with one attached hydrogen (secondary N) is 1. The van der Waals surface area contributed by atoms with Crippen LogP contribution in [-0.4, -0.2) is 60.4 Å². The molecule has 0 spiro atoms. The fourth-order valence-electron chi connectivity index (χ4n) is 3.00. The van der Waals surface area contributed by atoms with E-state index in [2.05, 4.69) is 10.2 Å². The number of aliphatic hydroxyl groups excluding tert-OH is 1. The highest BCUT2D eigenvalue weighted by Gasteiger charge is 2.24. The summed E-state index contributed by atoms with van der Waals surface area (Å²) in [5.41, 5.74) is 1.63. The standard InChI is InChI=1S/C16H25N3O4/c1-12-4-3-5-15(19(21)22)16(12)17-13-6-8-18(9-7-13)10-14(20)11-23-2/h3-5,13-14,17,20H,6-11H2,1-2H3. The van der Waals surface area contributed by atoms with Crippen LogP contribution in [0.25, 0.3) is 0 Å². The Labute approximate surface area is 136 Å². The van der Waals surface area contributed by atoms with Gasteiger partial charge in [0.1, 0.15) is 5.69 Å². The van der Waals surface area contributed by atoms with Crippen LogP contribution in [0.15, 0.2) is 18.2 Å². The molecule has 1 aliphatic rings. The molecule has 1 aliphatic heterocycles. The Morgan fingerprint density at radius 1 is 1.48 bits per heavy atom. The molecule has 0 aromatic heterocycles. The highest BCUT2D eigenvalue weighted by atomic mass is 16.6. The summed E-state index contributed by atoms with van der Waals surface area (Å²) in [5.74, 6) is 0. The quantitative estimate of drug-likeness (QED) is 0.587. The first-order valence-corrected chi connectivity index (χ1v) is 7.91. The highest BCUT2D eigenvalue weighted by molar-refractivity contribution is 5.66. The van der Waals surface area contributed by atoms with Crippen LogP contribution >= 0.6 is 0 Å². The lowest BCUT2D eigenvalue weighted by Crippen LogP contribution is -2.43. The van der Waals surface area contributed by atoms with Crippen molar-refractivity contribution in [2.45, 2.75) is 31.9 Å². The molecule has 2 rings (SSSR count). The smallest absolute Gasteiger partial charge is 0.292 e. The molecule has 0 aliphatic carbocycles. The third-order valence-electron chi connectivity index (χ3n) is 4.21. The van der Waals surface area contributed by atoms with Crippen molar-refractivity contribution < 1.29 is 14.8 Å². The maximum absolute atomic E-state index is 11.2. The Morgan fingerprint density at radius 2 is 2.17 bits per heavy atom. The van der Waals surface area contributed by atoms with E-state index in [0.29, 0.717) is 18.8 Å². The molecule has 0 saturated carbocycles. The van der Waals surface area contributed by atoms with Gasteiger partial charge in [-0.1, -0.05) is 12.1 Å². The molecule has 1 aromatic rings. The molecule has 2 N–H and O–H groups in total. The van der Waals surface area contributed by atoms with Crippen LogP contribution in [0, 0.1) is 17.0 Å². The number of aryl methyl sites for hydroxylation is 1. The van der Waals surface area contributed by atoms with Gasteiger partial charge in [-0.15, -0.1) is 0 Å². The van der Waals surface area contributed by atoms with Crippen molar-refractivity contribution in [2.75, 3.05) is 38.7 Å². The molecule has 23 heavy (non-hydrogen) atoms. The number of anilines is 1. The number of para-hydroxylation sites is 1. The maximum atomic E-state index is 11.2. The molecule has 7 nitrogen and oxygen atoms in total. The van der Waals surface area contributed by atoms with Gasteiger partial charge in [-0.25, -0.2) is 0 Å². The molecule has 0 amide bonds. The van der Waals surface area contributed by atoms with Crippen LogP contribution in [0.4, 0.5) is 11.4 Å². The number of nitrogens with zero attached hydrogens (tertiary/aromatic N) is 2. The summed E-state index contributed by atoms with van der Waals surface area (Å²) in [6.45, 7) is 4.54. The Hall–Kier alpha value is -1.70. The minimum Gasteiger partial charge on any atom is -0.389 e. The molecule has 1 heterocycles. The Balaban J connectivity index is 1.91. The number of β-amino-alcohol motifs (C(OH)–C–C–N with tert-alkyl or cyclic N) is 1. The topological polar surface area (TPSA) is 87.9 Å². The Morgan fingerprint density at radius 3 is 2.78 bits per heavy atom. The molecule has 128 valence electrons. The van der Waals surface area contributed by atoms with Crippen LogP contribution in [-0.2, 0) is 4.74 Å². The molecule has 1 atom stereocenters. The van der Waals surface area contributed by atoms with Crippen LogP contribution < -0.4 is 5.32 Å². The van der Waals surface area contributed by atoms with E-state index in [-0.39, 0.29) is 16.7 Å². The molecule has 1 saturated heterocycles. The van der Waals surface area contributed by atoms with Crippen molar-refractivity contribution in [2.24, 2.45) is 0 Å². The summed E-state index contributed by atoms with van der Waals surface area (Å²) in [5, 5.41) is 24.3. The van der Waals surface area contributed by atoms with E-state index in [0.717, 1.165) is 31.5 Å². The van der Waals surface area contributed by atoms with E-state index in [9.17, 15) is 15.2 Å². The molecular weight excluding hydrogens is 298 g/mol.